The Bertz CT molecular complexity index is 472. The second-order valence-electron chi connectivity index (χ2n) is 4.60. The molecule has 1 unspecified atom stereocenters. The first-order valence-electron chi connectivity index (χ1n) is 6.65. The van der Waals surface area contributed by atoms with Crippen LogP contribution >= 0.6 is 0 Å². The lowest BCUT2D eigenvalue weighted by atomic mass is 9.97. The zero-order chi connectivity index (χ0) is 13.7. The van der Waals surface area contributed by atoms with Gasteiger partial charge >= 0.3 is 5.97 Å². The van der Waals surface area contributed by atoms with E-state index in [-0.39, 0.29) is 11.7 Å². The molecule has 2 aliphatic rings. The Balaban J connectivity index is 2.14. The molecule has 0 bridgehead atoms. The Hall–Kier alpha value is -1.97. The van der Waals surface area contributed by atoms with E-state index in [1.165, 1.54) is 0 Å². The van der Waals surface area contributed by atoms with Gasteiger partial charge in [0.1, 0.15) is 11.5 Å². The predicted octanol–water partition coefficient (Wildman–Crippen LogP) is 2.51. The molecule has 1 heterocycles. The van der Waals surface area contributed by atoms with Crippen LogP contribution in [0.1, 0.15) is 26.2 Å². The molecule has 0 aromatic carbocycles. The summed E-state index contributed by atoms with van der Waals surface area (Å²) in [4.78, 5) is 11.1. The zero-order valence-corrected chi connectivity index (χ0v) is 11.1. The molecule has 0 aromatic rings. The van der Waals surface area contributed by atoms with Crippen LogP contribution in [-0.2, 0) is 9.53 Å². The van der Waals surface area contributed by atoms with Crippen molar-refractivity contribution >= 4 is 5.97 Å². The second kappa shape index (κ2) is 6.27. The Morgan fingerprint density at radius 3 is 3.00 bits per heavy atom. The minimum Gasteiger partial charge on any atom is -0.493 e. The first-order valence-corrected chi connectivity index (χ1v) is 6.65. The molecule has 2 rings (SSSR count). The molecule has 4 nitrogen and oxygen atoms in total. The molecule has 1 atom stereocenters. The van der Waals surface area contributed by atoms with Crippen molar-refractivity contribution in [2.24, 2.45) is 0 Å². The van der Waals surface area contributed by atoms with E-state index >= 15 is 0 Å². The van der Waals surface area contributed by atoms with Crippen molar-refractivity contribution in [1.29, 1.82) is 0 Å². The smallest absolute Gasteiger partial charge is 0.352 e. The second-order valence-corrected chi connectivity index (χ2v) is 4.60. The monoisotopic (exact) mass is 261 g/mol. The fourth-order valence-electron chi connectivity index (χ4n) is 2.11. The number of carboxylic acids is 1. The van der Waals surface area contributed by atoms with E-state index in [1.54, 1.807) is 6.08 Å². The molecule has 102 valence electrons. The number of allylic oxidation sites excluding steroid dienone is 3. The van der Waals surface area contributed by atoms with Gasteiger partial charge in [0.05, 0.1) is 12.6 Å². The number of dihydropyridines is 1. The van der Waals surface area contributed by atoms with Gasteiger partial charge in [-0.15, -0.1) is 0 Å². The van der Waals surface area contributed by atoms with Gasteiger partial charge in [0, 0.05) is 11.6 Å². The molecule has 19 heavy (non-hydrogen) atoms. The van der Waals surface area contributed by atoms with Gasteiger partial charge in [-0.3, -0.25) is 0 Å². The summed E-state index contributed by atoms with van der Waals surface area (Å²) in [5.41, 5.74) is 1.17. The van der Waals surface area contributed by atoms with Crippen LogP contribution in [0.4, 0.5) is 0 Å². The average molecular weight is 261 g/mol. The summed E-state index contributed by atoms with van der Waals surface area (Å²) in [7, 11) is 0. The normalized spacial score (nSPS) is 20.7. The van der Waals surface area contributed by atoms with Gasteiger partial charge < -0.3 is 15.2 Å². The maximum absolute atomic E-state index is 11.1. The lowest BCUT2D eigenvalue weighted by Gasteiger charge is -2.26. The maximum Gasteiger partial charge on any atom is 0.352 e. The van der Waals surface area contributed by atoms with Crippen LogP contribution in [-0.4, -0.2) is 23.7 Å². The lowest BCUT2D eigenvalue weighted by molar-refractivity contribution is -0.133. The van der Waals surface area contributed by atoms with Crippen molar-refractivity contribution in [3.05, 3.63) is 47.4 Å². The Labute approximate surface area is 113 Å². The Morgan fingerprint density at radius 1 is 1.42 bits per heavy atom. The molecule has 2 N–H and O–H groups in total. The van der Waals surface area contributed by atoms with Gasteiger partial charge in [0.15, 0.2) is 0 Å². The lowest BCUT2D eigenvalue weighted by Crippen LogP contribution is -2.36. The van der Waals surface area contributed by atoms with Crippen molar-refractivity contribution in [2.75, 3.05) is 6.61 Å². The molecule has 0 saturated heterocycles. The number of fused-ring (bicyclic) bond motifs is 1. The third kappa shape index (κ3) is 3.28. The molecule has 1 aliphatic carbocycles. The van der Waals surface area contributed by atoms with E-state index < -0.39 is 5.97 Å². The highest BCUT2D eigenvalue weighted by Crippen LogP contribution is 2.24. The number of carboxylic acid groups (broad SMARTS) is 1. The number of carbonyl (C=O) groups is 1. The number of rotatable bonds is 6. The molecule has 4 heteroatoms. The molecule has 0 spiro atoms. The van der Waals surface area contributed by atoms with Crippen molar-refractivity contribution in [3.8, 4) is 0 Å². The highest BCUT2D eigenvalue weighted by atomic mass is 16.5. The molecule has 0 radical (unpaired) electrons. The number of unbranched alkanes of at least 4 members (excludes halogenated alkanes) is 2. The van der Waals surface area contributed by atoms with Crippen LogP contribution in [0, 0.1) is 0 Å². The maximum atomic E-state index is 11.1. The summed E-state index contributed by atoms with van der Waals surface area (Å²) in [6.07, 6.45) is 12.5. The van der Waals surface area contributed by atoms with Gasteiger partial charge in [0.25, 0.3) is 0 Å². The summed E-state index contributed by atoms with van der Waals surface area (Å²) in [5.74, 6) is -0.297. The van der Waals surface area contributed by atoms with Crippen LogP contribution in [0.5, 0.6) is 0 Å². The molecular weight excluding hydrogens is 242 g/mol. The summed E-state index contributed by atoms with van der Waals surface area (Å²) < 4.78 is 5.75. The zero-order valence-electron chi connectivity index (χ0n) is 11.1. The largest absolute Gasteiger partial charge is 0.493 e. The highest BCUT2D eigenvalue weighted by molar-refractivity contribution is 5.87. The predicted molar refractivity (Wildman–Crippen MR) is 73.4 cm³/mol. The van der Waals surface area contributed by atoms with Crippen molar-refractivity contribution < 1.29 is 14.6 Å². The SMILES string of the molecule is CCCCCOC1=C2C=CC=CC2NC(C(=O)O)=C1. The van der Waals surface area contributed by atoms with E-state index in [0.717, 1.165) is 24.8 Å². The van der Waals surface area contributed by atoms with E-state index in [2.05, 4.69) is 12.2 Å². The summed E-state index contributed by atoms with van der Waals surface area (Å²) in [5, 5.41) is 12.1. The van der Waals surface area contributed by atoms with Crippen LogP contribution in [0.3, 0.4) is 0 Å². The van der Waals surface area contributed by atoms with E-state index in [0.29, 0.717) is 12.4 Å². The van der Waals surface area contributed by atoms with Crippen molar-refractivity contribution in [1.82, 2.24) is 5.32 Å². The van der Waals surface area contributed by atoms with E-state index in [4.69, 9.17) is 9.84 Å². The minimum absolute atomic E-state index is 0.109. The van der Waals surface area contributed by atoms with E-state index in [9.17, 15) is 4.79 Å². The van der Waals surface area contributed by atoms with Gasteiger partial charge in [-0.2, -0.15) is 0 Å². The summed E-state index contributed by atoms with van der Waals surface area (Å²) in [6.45, 7) is 2.76. The number of hydrogen-bond donors (Lipinski definition) is 2. The standard InChI is InChI=1S/C15H19NO3/c1-2-3-6-9-19-14-10-13(15(17)18)16-12-8-5-4-7-11(12)14/h4-5,7-8,10,12,16H,2-3,6,9H2,1H3,(H,17,18). The van der Waals surface area contributed by atoms with Crippen LogP contribution < -0.4 is 5.32 Å². The van der Waals surface area contributed by atoms with Gasteiger partial charge in [-0.1, -0.05) is 44.1 Å². The van der Waals surface area contributed by atoms with Crippen molar-refractivity contribution in [3.63, 3.8) is 0 Å². The molecule has 0 saturated carbocycles. The van der Waals surface area contributed by atoms with E-state index in [1.807, 2.05) is 24.3 Å². The summed E-state index contributed by atoms with van der Waals surface area (Å²) >= 11 is 0. The average Bonchev–Trinajstić information content (AvgIpc) is 2.43. The third-order valence-corrected chi connectivity index (χ3v) is 3.13. The first kappa shape index (κ1) is 13.5. The molecule has 1 aliphatic heterocycles. The quantitative estimate of drug-likeness (QED) is 0.721. The van der Waals surface area contributed by atoms with Gasteiger partial charge in [-0.05, 0) is 6.42 Å². The Kier molecular flexibility index (Phi) is 4.44. The minimum atomic E-state index is -0.961. The Morgan fingerprint density at radius 2 is 2.26 bits per heavy atom. The number of aliphatic carboxylic acids is 1. The number of nitrogens with one attached hydrogen (secondary N) is 1. The van der Waals surface area contributed by atoms with Gasteiger partial charge in [-0.25, -0.2) is 4.79 Å². The molecule has 0 amide bonds. The van der Waals surface area contributed by atoms with Gasteiger partial charge in [0.2, 0.25) is 0 Å². The first-order chi connectivity index (χ1) is 9.22. The molecule has 0 aromatic heterocycles. The fraction of sp³-hybridized carbons (Fsp3) is 0.400. The number of hydrogen-bond acceptors (Lipinski definition) is 3. The highest BCUT2D eigenvalue weighted by Gasteiger charge is 2.24. The van der Waals surface area contributed by atoms with Crippen LogP contribution in [0.2, 0.25) is 0 Å². The molecule has 0 fully saturated rings. The topological polar surface area (TPSA) is 58.6 Å². The summed E-state index contributed by atoms with van der Waals surface area (Å²) in [6, 6.07) is -0.109. The van der Waals surface area contributed by atoms with Crippen molar-refractivity contribution in [2.45, 2.75) is 32.2 Å². The number of ether oxygens (including phenoxy) is 1. The van der Waals surface area contributed by atoms with Crippen LogP contribution in [0.15, 0.2) is 47.4 Å². The fourth-order valence-corrected chi connectivity index (χ4v) is 2.11. The third-order valence-electron chi connectivity index (χ3n) is 3.13. The molecular formula is C15H19NO3. The van der Waals surface area contributed by atoms with Crippen LogP contribution in [0.25, 0.3) is 0 Å².